The molecule has 2 aromatic heterocycles. The predicted octanol–water partition coefficient (Wildman–Crippen LogP) is 5.44. The summed E-state index contributed by atoms with van der Waals surface area (Å²) in [5, 5.41) is 5.04. The molecule has 0 unspecified atom stereocenters. The third kappa shape index (κ3) is 5.01. The highest BCUT2D eigenvalue weighted by molar-refractivity contribution is 7.89. The van der Waals surface area contributed by atoms with Gasteiger partial charge in [-0.05, 0) is 48.6 Å². The second kappa shape index (κ2) is 8.99. The van der Waals surface area contributed by atoms with Gasteiger partial charge >= 0.3 is 0 Å². The van der Waals surface area contributed by atoms with Crippen LogP contribution in [0.4, 0.5) is 5.13 Å². The summed E-state index contributed by atoms with van der Waals surface area (Å²) in [6, 6.07) is 9.85. The molecular formula is C21H22ClN3O3S3. The minimum atomic E-state index is -3.66. The lowest BCUT2D eigenvalue weighted by molar-refractivity contribution is 0.102. The summed E-state index contributed by atoms with van der Waals surface area (Å²) in [5.74, 6) is 0.215. The van der Waals surface area contributed by atoms with Crippen LogP contribution < -0.4 is 5.32 Å². The third-order valence-electron chi connectivity index (χ3n) is 5.12. The van der Waals surface area contributed by atoms with Crippen molar-refractivity contribution in [1.29, 1.82) is 0 Å². The molecule has 1 saturated heterocycles. The van der Waals surface area contributed by atoms with Crippen molar-refractivity contribution in [1.82, 2.24) is 9.29 Å². The number of amides is 1. The normalized spacial score (nSPS) is 20.0. The van der Waals surface area contributed by atoms with Crippen molar-refractivity contribution in [2.75, 3.05) is 18.4 Å². The van der Waals surface area contributed by atoms with Crippen molar-refractivity contribution < 1.29 is 13.2 Å². The number of nitrogens with one attached hydrogen (secondary N) is 1. The van der Waals surface area contributed by atoms with Gasteiger partial charge < -0.3 is 0 Å². The van der Waals surface area contributed by atoms with Crippen LogP contribution in [0.5, 0.6) is 0 Å². The molecule has 6 nitrogen and oxygen atoms in total. The van der Waals surface area contributed by atoms with E-state index in [0.717, 1.165) is 17.0 Å². The second-order valence-corrected chi connectivity index (χ2v) is 12.4. The van der Waals surface area contributed by atoms with Crippen LogP contribution in [0.3, 0.4) is 0 Å². The molecule has 31 heavy (non-hydrogen) atoms. The number of thiazole rings is 1. The summed E-state index contributed by atoms with van der Waals surface area (Å²) in [6.07, 6.45) is 1.02. The topological polar surface area (TPSA) is 79.4 Å². The van der Waals surface area contributed by atoms with E-state index in [0.29, 0.717) is 34.4 Å². The number of sulfonamides is 1. The van der Waals surface area contributed by atoms with Crippen LogP contribution in [0.15, 0.2) is 46.7 Å². The highest BCUT2D eigenvalue weighted by atomic mass is 35.5. The first-order valence-corrected chi connectivity index (χ1v) is 13.4. The molecule has 1 amide bonds. The van der Waals surface area contributed by atoms with E-state index in [1.807, 2.05) is 11.4 Å². The average molecular weight is 496 g/mol. The Morgan fingerprint density at radius 3 is 2.61 bits per heavy atom. The maximum absolute atomic E-state index is 13.1. The summed E-state index contributed by atoms with van der Waals surface area (Å²) >= 11 is 8.69. The molecule has 1 fully saturated rings. The van der Waals surface area contributed by atoms with E-state index in [4.69, 9.17) is 11.6 Å². The van der Waals surface area contributed by atoms with Crippen LogP contribution in [0.2, 0.25) is 4.34 Å². The van der Waals surface area contributed by atoms with E-state index in [1.165, 1.54) is 39.1 Å². The Bertz CT molecular complexity index is 1200. The Morgan fingerprint density at radius 2 is 1.94 bits per heavy atom. The molecule has 4 rings (SSSR count). The molecule has 2 atom stereocenters. The monoisotopic (exact) mass is 495 g/mol. The van der Waals surface area contributed by atoms with Gasteiger partial charge in [-0.15, -0.1) is 22.7 Å². The fourth-order valence-electron chi connectivity index (χ4n) is 3.81. The number of nitrogens with zero attached hydrogens (tertiary/aromatic N) is 2. The van der Waals surface area contributed by atoms with Crippen molar-refractivity contribution in [2.45, 2.75) is 25.2 Å². The summed E-state index contributed by atoms with van der Waals surface area (Å²) in [7, 11) is -3.66. The number of carbonyl (C=O) groups is 1. The number of aromatic nitrogens is 1. The zero-order chi connectivity index (χ0) is 22.2. The largest absolute Gasteiger partial charge is 0.298 e. The van der Waals surface area contributed by atoms with Gasteiger partial charge in [-0.1, -0.05) is 31.5 Å². The molecular weight excluding hydrogens is 474 g/mol. The molecule has 0 radical (unpaired) electrons. The van der Waals surface area contributed by atoms with Crippen LogP contribution in [0.1, 0.15) is 30.6 Å². The zero-order valence-electron chi connectivity index (χ0n) is 17.0. The number of rotatable bonds is 5. The van der Waals surface area contributed by atoms with Crippen LogP contribution in [0.25, 0.3) is 10.6 Å². The van der Waals surface area contributed by atoms with Gasteiger partial charge in [0.2, 0.25) is 10.0 Å². The van der Waals surface area contributed by atoms with Crippen LogP contribution in [-0.4, -0.2) is 36.7 Å². The first-order valence-electron chi connectivity index (χ1n) is 9.85. The fraction of sp³-hybridized carbons (Fsp3) is 0.333. The smallest absolute Gasteiger partial charge is 0.257 e. The van der Waals surface area contributed by atoms with Crippen molar-refractivity contribution in [3.05, 3.63) is 51.7 Å². The SMILES string of the molecule is C[C@@H]1C[C@H](C)CN(S(=O)(=O)c2cccc(C(=O)Nc3nc(-c4ccc(Cl)s4)cs3)c2)C1. The maximum Gasteiger partial charge on any atom is 0.257 e. The Hall–Kier alpha value is -1.78. The lowest BCUT2D eigenvalue weighted by Crippen LogP contribution is -2.42. The molecule has 0 spiro atoms. The van der Waals surface area contributed by atoms with Crippen molar-refractivity contribution >= 4 is 55.3 Å². The van der Waals surface area contributed by atoms with Crippen molar-refractivity contribution in [3.63, 3.8) is 0 Å². The summed E-state index contributed by atoms with van der Waals surface area (Å²) in [6.45, 7) is 5.12. The summed E-state index contributed by atoms with van der Waals surface area (Å²) < 4.78 is 28.5. The van der Waals surface area contributed by atoms with Gasteiger partial charge in [-0.25, -0.2) is 13.4 Å². The molecule has 0 bridgehead atoms. The van der Waals surface area contributed by atoms with Crippen LogP contribution in [-0.2, 0) is 10.0 Å². The number of carbonyl (C=O) groups excluding carboxylic acids is 1. The third-order valence-corrected chi connectivity index (χ3v) is 8.96. The molecule has 1 N–H and O–H groups in total. The number of piperidine rings is 1. The van der Waals surface area contributed by atoms with Gasteiger partial charge in [-0.3, -0.25) is 10.1 Å². The molecule has 0 aliphatic carbocycles. The van der Waals surface area contributed by atoms with E-state index >= 15 is 0 Å². The van der Waals surface area contributed by atoms with Gasteiger partial charge in [-0.2, -0.15) is 4.31 Å². The van der Waals surface area contributed by atoms with E-state index in [9.17, 15) is 13.2 Å². The van der Waals surface area contributed by atoms with Gasteiger partial charge in [0.1, 0.15) is 0 Å². The van der Waals surface area contributed by atoms with Gasteiger partial charge in [0.05, 0.1) is 19.8 Å². The lowest BCUT2D eigenvalue weighted by Gasteiger charge is -2.34. The van der Waals surface area contributed by atoms with Crippen LogP contribution in [0, 0.1) is 11.8 Å². The second-order valence-electron chi connectivity index (χ2n) is 7.89. The quantitative estimate of drug-likeness (QED) is 0.510. The number of hydrogen-bond acceptors (Lipinski definition) is 6. The number of anilines is 1. The number of thiophene rings is 1. The number of benzene rings is 1. The first-order chi connectivity index (χ1) is 14.7. The lowest BCUT2D eigenvalue weighted by atomic mass is 9.94. The maximum atomic E-state index is 13.1. The Balaban J connectivity index is 1.51. The molecule has 0 saturated carbocycles. The van der Waals surface area contributed by atoms with E-state index < -0.39 is 15.9 Å². The fourth-order valence-corrected chi connectivity index (χ4v) is 7.32. The van der Waals surface area contributed by atoms with E-state index in [1.54, 1.807) is 18.2 Å². The molecule has 3 heterocycles. The molecule has 1 aliphatic heterocycles. The highest BCUT2D eigenvalue weighted by Gasteiger charge is 2.32. The molecule has 10 heteroatoms. The molecule has 1 aromatic carbocycles. The molecule has 164 valence electrons. The standard InChI is InChI=1S/C21H22ClN3O3S3/c1-13-8-14(2)11-25(10-13)31(27,28)16-5-3-4-15(9-16)20(26)24-21-23-17(12-29-21)18-6-7-19(22)30-18/h3-7,9,12-14H,8,10-11H2,1-2H3,(H,23,24,26)/t13-,14+. The average Bonchev–Trinajstić information content (AvgIpc) is 3.36. The Labute approximate surface area is 194 Å². The summed E-state index contributed by atoms with van der Waals surface area (Å²) in [4.78, 5) is 18.2. The first kappa shape index (κ1) is 22.4. The summed E-state index contributed by atoms with van der Waals surface area (Å²) in [5.41, 5.74) is 1.01. The zero-order valence-corrected chi connectivity index (χ0v) is 20.2. The van der Waals surface area contributed by atoms with Gasteiger partial charge in [0, 0.05) is 24.0 Å². The highest BCUT2D eigenvalue weighted by Crippen LogP contribution is 2.33. The predicted molar refractivity (Wildman–Crippen MR) is 127 cm³/mol. The van der Waals surface area contributed by atoms with Gasteiger partial charge in [0.25, 0.3) is 5.91 Å². The van der Waals surface area contributed by atoms with Crippen molar-refractivity contribution in [3.8, 4) is 10.6 Å². The van der Waals surface area contributed by atoms with Crippen molar-refractivity contribution in [2.24, 2.45) is 11.8 Å². The minimum absolute atomic E-state index is 0.134. The van der Waals surface area contributed by atoms with E-state index in [-0.39, 0.29) is 10.5 Å². The molecule has 1 aliphatic rings. The minimum Gasteiger partial charge on any atom is -0.298 e. The van der Waals surface area contributed by atoms with Crippen LogP contribution >= 0.6 is 34.3 Å². The van der Waals surface area contributed by atoms with E-state index in [2.05, 4.69) is 24.1 Å². The molecule has 3 aromatic rings. The Morgan fingerprint density at radius 1 is 1.19 bits per heavy atom. The number of halogens is 1. The Kier molecular flexibility index (Phi) is 6.50. The van der Waals surface area contributed by atoms with Gasteiger partial charge in [0.15, 0.2) is 5.13 Å². The number of hydrogen-bond donors (Lipinski definition) is 1.